The highest BCUT2D eigenvalue weighted by Crippen LogP contribution is 2.50. The molecule has 0 aliphatic carbocycles. The summed E-state index contributed by atoms with van der Waals surface area (Å²) >= 11 is 0. The summed E-state index contributed by atoms with van der Waals surface area (Å²) in [6, 6.07) is 6.30. The topological polar surface area (TPSA) is 93.8 Å². The van der Waals surface area contributed by atoms with Gasteiger partial charge in [0, 0.05) is 25.2 Å². The van der Waals surface area contributed by atoms with Crippen LogP contribution in [0.15, 0.2) is 40.9 Å². The second-order valence-electron chi connectivity index (χ2n) is 12.8. The highest BCUT2D eigenvalue weighted by Gasteiger charge is 2.40. The molecule has 0 amide bonds. The fourth-order valence-electron chi connectivity index (χ4n) is 5.47. The van der Waals surface area contributed by atoms with Crippen molar-refractivity contribution in [1.29, 1.82) is 5.26 Å². The maximum Gasteiger partial charge on any atom is 0.366 e. The summed E-state index contributed by atoms with van der Waals surface area (Å²) < 4.78 is 18.2. The molecule has 0 fully saturated rings. The number of ether oxygens (including phenoxy) is 1. The minimum atomic E-state index is -4.69. The zero-order valence-corrected chi connectivity index (χ0v) is 23.4. The van der Waals surface area contributed by atoms with Gasteiger partial charge >= 0.3 is 7.60 Å². The van der Waals surface area contributed by atoms with Gasteiger partial charge in [0.05, 0.1) is 0 Å². The summed E-state index contributed by atoms with van der Waals surface area (Å²) in [5, 5.41) is 9.02. The molecular weight excluding hydrogens is 471 g/mol. The molecule has 0 spiro atoms. The first-order valence-corrected chi connectivity index (χ1v) is 14.3. The van der Waals surface area contributed by atoms with Gasteiger partial charge in [-0.15, -0.1) is 0 Å². The number of hydrogen-bond donors (Lipinski definition) is 2. The van der Waals surface area contributed by atoms with Crippen molar-refractivity contribution < 1.29 is 19.1 Å². The van der Waals surface area contributed by atoms with Crippen molar-refractivity contribution in [2.24, 2.45) is 5.41 Å². The number of hydrogen-bond acceptors (Lipinski definition) is 4. The van der Waals surface area contributed by atoms with E-state index >= 15 is 0 Å². The van der Waals surface area contributed by atoms with Crippen molar-refractivity contribution in [2.75, 3.05) is 18.0 Å². The third-order valence-electron chi connectivity index (χ3n) is 8.03. The molecule has 0 radical (unpaired) electrons. The Morgan fingerprint density at radius 2 is 1.67 bits per heavy atom. The van der Waals surface area contributed by atoms with Gasteiger partial charge in [-0.25, -0.2) is 0 Å². The van der Waals surface area contributed by atoms with Crippen molar-refractivity contribution in [2.45, 2.75) is 84.7 Å². The van der Waals surface area contributed by atoms with Crippen LogP contribution < -0.4 is 4.90 Å². The van der Waals surface area contributed by atoms with E-state index in [9.17, 15) is 19.6 Å². The second kappa shape index (κ2) is 8.91. The number of nitrogens with zero attached hydrogens (tertiary/aromatic N) is 2. The zero-order valence-electron chi connectivity index (χ0n) is 22.6. The van der Waals surface area contributed by atoms with Crippen molar-refractivity contribution in [3.05, 3.63) is 57.6 Å². The number of nitriles is 1. The number of anilines is 1. The van der Waals surface area contributed by atoms with Crippen molar-refractivity contribution in [3.63, 3.8) is 0 Å². The number of rotatable bonds is 3. The summed E-state index contributed by atoms with van der Waals surface area (Å²) in [7, 11) is -4.69. The van der Waals surface area contributed by atoms with Crippen molar-refractivity contribution in [3.8, 4) is 6.07 Å². The fourth-order valence-corrected chi connectivity index (χ4v) is 6.13. The van der Waals surface area contributed by atoms with E-state index in [-0.39, 0.29) is 28.8 Å². The normalized spacial score (nSPS) is 24.5. The lowest BCUT2D eigenvalue weighted by molar-refractivity contribution is 0.0276. The molecule has 6 nitrogen and oxygen atoms in total. The molecule has 194 valence electrons. The van der Waals surface area contributed by atoms with Crippen LogP contribution in [0.25, 0.3) is 6.08 Å². The summed E-state index contributed by atoms with van der Waals surface area (Å²) in [4.78, 5) is 22.0. The van der Waals surface area contributed by atoms with Crippen LogP contribution in [0.3, 0.4) is 0 Å². The molecule has 3 aliphatic rings. The van der Waals surface area contributed by atoms with Gasteiger partial charge in [0.2, 0.25) is 0 Å². The molecule has 0 saturated carbocycles. The quantitative estimate of drug-likeness (QED) is 0.354. The molecule has 0 aromatic heterocycles. The predicted octanol–water partition coefficient (Wildman–Crippen LogP) is 6.54. The zero-order chi connectivity index (χ0) is 26.7. The molecule has 0 saturated heterocycles. The van der Waals surface area contributed by atoms with Gasteiger partial charge in [0.1, 0.15) is 23.2 Å². The minimum absolute atomic E-state index is 0.0802. The van der Waals surface area contributed by atoms with Crippen LogP contribution in [0, 0.1) is 16.7 Å². The Kier molecular flexibility index (Phi) is 6.62. The molecule has 4 rings (SSSR count). The van der Waals surface area contributed by atoms with E-state index in [0.717, 1.165) is 31.5 Å². The standard InChI is InChI=1S/C29H39N2O4P/c1-27(2,3)25-17-20(24(18-30)36(32,33)34)16-21(35-25)9-8-19-14-22-26-23(15-19)29(6,7)11-13-31(26)12-10-28(22,4)5/h8-9,14-16,25H,10-13,17H2,1-7H3,(H2,32,33,34)/b9-8+,24-20+. The molecule has 1 aromatic rings. The van der Waals surface area contributed by atoms with E-state index in [4.69, 9.17) is 4.74 Å². The van der Waals surface area contributed by atoms with E-state index in [0.29, 0.717) is 11.3 Å². The van der Waals surface area contributed by atoms with E-state index in [1.807, 2.05) is 32.9 Å². The van der Waals surface area contributed by atoms with Crippen LogP contribution >= 0.6 is 7.60 Å². The van der Waals surface area contributed by atoms with Crippen LogP contribution in [-0.2, 0) is 20.1 Å². The molecule has 1 aromatic carbocycles. The third kappa shape index (κ3) is 5.07. The first kappa shape index (κ1) is 26.7. The monoisotopic (exact) mass is 510 g/mol. The Labute approximate surface area is 215 Å². The highest BCUT2D eigenvalue weighted by atomic mass is 31.2. The molecular formula is C29H39N2O4P. The molecule has 0 bridgehead atoms. The summed E-state index contributed by atoms with van der Waals surface area (Å²) in [5.41, 5.74) is 5.45. The third-order valence-corrected chi connectivity index (χ3v) is 9.00. The minimum Gasteiger partial charge on any atom is -0.490 e. The maximum atomic E-state index is 12.0. The van der Waals surface area contributed by atoms with Crippen molar-refractivity contribution >= 4 is 19.4 Å². The Morgan fingerprint density at radius 3 is 2.14 bits per heavy atom. The summed E-state index contributed by atoms with van der Waals surface area (Å²) in [6.45, 7) is 17.5. The van der Waals surface area contributed by atoms with E-state index in [1.165, 1.54) is 16.8 Å². The fraction of sp³-hybridized carbons (Fsp3) is 0.552. The van der Waals surface area contributed by atoms with Gasteiger partial charge in [-0.2, -0.15) is 5.26 Å². The molecule has 1 unspecified atom stereocenters. The molecule has 1 atom stereocenters. The Bertz CT molecular complexity index is 1210. The molecule has 36 heavy (non-hydrogen) atoms. The lowest BCUT2D eigenvalue weighted by Crippen LogP contribution is -2.44. The maximum absolute atomic E-state index is 12.0. The van der Waals surface area contributed by atoms with E-state index in [2.05, 4.69) is 44.7 Å². The van der Waals surface area contributed by atoms with Crippen LogP contribution in [0.4, 0.5) is 5.69 Å². The van der Waals surface area contributed by atoms with Crippen LogP contribution in [0.2, 0.25) is 0 Å². The van der Waals surface area contributed by atoms with Gasteiger partial charge < -0.3 is 19.4 Å². The number of benzene rings is 1. The average Bonchev–Trinajstić information content (AvgIpc) is 2.75. The van der Waals surface area contributed by atoms with E-state index in [1.54, 1.807) is 12.1 Å². The first-order chi connectivity index (χ1) is 16.5. The average molecular weight is 511 g/mol. The van der Waals surface area contributed by atoms with E-state index < -0.39 is 12.9 Å². The van der Waals surface area contributed by atoms with Crippen LogP contribution in [-0.4, -0.2) is 29.0 Å². The van der Waals surface area contributed by atoms with Gasteiger partial charge in [-0.05, 0) is 75.6 Å². The number of allylic oxidation sites excluding steroid dienone is 3. The summed E-state index contributed by atoms with van der Waals surface area (Å²) in [6.07, 6.45) is 7.68. The lowest BCUT2D eigenvalue weighted by Gasteiger charge is -2.48. The van der Waals surface area contributed by atoms with Gasteiger partial charge in [0.25, 0.3) is 0 Å². The van der Waals surface area contributed by atoms with Gasteiger partial charge in [-0.1, -0.05) is 54.5 Å². The molecule has 7 heteroatoms. The lowest BCUT2D eigenvalue weighted by atomic mass is 9.69. The van der Waals surface area contributed by atoms with Gasteiger partial charge in [0.15, 0.2) is 0 Å². The second-order valence-corrected chi connectivity index (χ2v) is 14.3. The van der Waals surface area contributed by atoms with Crippen LogP contribution in [0.5, 0.6) is 0 Å². The van der Waals surface area contributed by atoms with Gasteiger partial charge in [-0.3, -0.25) is 4.57 Å². The molecule has 3 heterocycles. The summed E-state index contributed by atoms with van der Waals surface area (Å²) in [5.74, 6) is 0.504. The Hall–Kier alpha value is -2.32. The first-order valence-electron chi connectivity index (χ1n) is 12.7. The Morgan fingerprint density at radius 1 is 1.11 bits per heavy atom. The van der Waals surface area contributed by atoms with Crippen LogP contribution in [0.1, 0.15) is 84.4 Å². The largest absolute Gasteiger partial charge is 0.490 e. The predicted molar refractivity (Wildman–Crippen MR) is 145 cm³/mol. The Balaban J connectivity index is 1.80. The molecule has 3 aliphatic heterocycles. The highest BCUT2D eigenvalue weighted by molar-refractivity contribution is 7.57. The molecule has 2 N–H and O–H groups in total. The van der Waals surface area contributed by atoms with Crippen molar-refractivity contribution in [1.82, 2.24) is 0 Å². The SMILES string of the molecule is CC1(C)CCN2CCC(C)(C)c3cc(/C=C/C4=CC(=C(/C#N)P(=O)(O)O)/CC(C(C)(C)C)O4)cc1c32. The smallest absolute Gasteiger partial charge is 0.366 e.